The molecule has 0 spiro atoms. The fraction of sp³-hybridized carbons (Fsp3) is 0. The fourth-order valence-electron chi connectivity index (χ4n) is 2.07. The molecule has 1 aromatic heterocycles. The molecule has 20 heavy (non-hydrogen) atoms. The Labute approximate surface area is 117 Å². The van der Waals surface area contributed by atoms with Gasteiger partial charge < -0.3 is 4.57 Å². The highest BCUT2D eigenvalue weighted by molar-refractivity contribution is 6.31. The first-order valence-corrected chi connectivity index (χ1v) is 6.20. The Balaban J connectivity index is 2.37. The number of fused-ring (bicyclic) bond motifs is 1. The Bertz CT molecular complexity index is 856. The zero-order chi connectivity index (χ0) is 14.3. The monoisotopic (exact) mass is 291 g/mol. The van der Waals surface area contributed by atoms with E-state index < -0.39 is 5.82 Å². The lowest BCUT2D eigenvalue weighted by Gasteiger charge is -2.11. The molecule has 100 valence electrons. The number of hydrogen-bond donors (Lipinski definition) is 0. The Morgan fingerprint density at radius 1 is 1.00 bits per heavy atom. The summed E-state index contributed by atoms with van der Waals surface area (Å²) in [7, 11) is 0. The minimum absolute atomic E-state index is 0.0704. The summed E-state index contributed by atoms with van der Waals surface area (Å²) in [6.45, 7) is 0. The van der Waals surface area contributed by atoms with Crippen LogP contribution in [0.1, 0.15) is 0 Å². The van der Waals surface area contributed by atoms with E-state index in [1.165, 1.54) is 24.3 Å². The molecule has 0 saturated heterocycles. The molecule has 0 radical (unpaired) electrons. The molecule has 0 aliphatic heterocycles. The van der Waals surface area contributed by atoms with E-state index in [-0.39, 0.29) is 21.7 Å². The van der Waals surface area contributed by atoms with E-state index in [0.717, 1.165) is 6.07 Å². The van der Waals surface area contributed by atoms with Crippen molar-refractivity contribution < 1.29 is 8.78 Å². The Morgan fingerprint density at radius 3 is 2.40 bits per heavy atom. The van der Waals surface area contributed by atoms with E-state index in [1.54, 1.807) is 22.9 Å². The second-order valence-corrected chi connectivity index (χ2v) is 4.72. The summed E-state index contributed by atoms with van der Waals surface area (Å²) in [6, 6.07) is 9.58. The minimum Gasteiger partial charge on any atom is -0.316 e. The van der Waals surface area contributed by atoms with E-state index in [9.17, 15) is 13.6 Å². The molecule has 5 heteroatoms. The fourth-order valence-corrected chi connectivity index (χ4v) is 2.23. The van der Waals surface area contributed by atoms with Crippen LogP contribution in [-0.4, -0.2) is 4.57 Å². The van der Waals surface area contributed by atoms with Crippen molar-refractivity contribution in [3.05, 3.63) is 75.5 Å². The van der Waals surface area contributed by atoms with Gasteiger partial charge in [0.1, 0.15) is 11.6 Å². The van der Waals surface area contributed by atoms with E-state index in [2.05, 4.69) is 0 Å². The molecular formula is C15H8ClF2NO. The van der Waals surface area contributed by atoms with Crippen LogP contribution in [0.15, 0.2) is 53.5 Å². The second-order valence-electron chi connectivity index (χ2n) is 4.31. The minimum atomic E-state index is -0.645. The van der Waals surface area contributed by atoms with Crippen molar-refractivity contribution >= 4 is 22.5 Å². The van der Waals surface area contributed by atoms with Crippen molar-refractivity contribution in [2.45, 2.75) is 0 Å². The van der Waals surface area contributed by atoms with Gasteiger partial charge in [-0.25, -0.2) is 8.78 Å². The molecule has 3 rings (SSSR count). The largest absolute Gasteiger partial charge is 0.316 e. The van der Waals surface area contributed by atoms with Gasteiger partial charge in [-0.3, -0.25) is 4.79 Å². The highest BCUT2D eigenvalue weighted by Gasteiger charge is 2.09. The van der Waals surface area contributed by atoms with Gasteiger partial charge in [0.15, 0.2) is 5.43 Å². The summed E-state index contributed by atoms with van der Waals surface area (Å²) >= 11 is 5.77. The molecule has 0 N–H and O–H groups in total. The van der Waals surface area contributed by atoms with Crippen molar-refractivity contribution in [2.75, 3.05) is 0 Å². The second kappa shape index (κ2) is 4.72. The molecule has 0 aliphatic rings. The molecule has 1 heterocycles. The molecule has 0 unspecified atom stereocenters. The average molecular weight is 292 g/mol. The van der Waals surface area contributed by atoms with Gasteiger partial charge in [-0.15, -0.1) is 0 Å². The van der Waals surface area contributed by atoms with Gasteiger partial charge in [-0.05, 0) is 36.4 Å². The number of pyridine rings is 1. The van der Waals surface area contributed by atoms with E-state index in [0.29, 0.717) is 11.2 Å². The number of hydrogen-bond acceptors (Lipinski definition) is 1. The Morgan fingerprint density at radius 2 is 1.70 bits per heavy atom. The standard InChI is InChI=1S/C15H8ClF2NO/c16-12-8-14-11(7-13(12)18)15(20)5-6-19(14)10-3-1-9(17)2-4-10/h1-8H. The van der Waals surface area contributed by atoms with E-state index in [4.69, 9.17) is 11.6 Å². The normalized spacial score (nSPS) is 10.9. The number of benzene rings is 2. The highest BCUT2D eigenvalue weighted by atomic mass is 35.5. The topological polar surface area (TPSA) is 22.0 Å². The molecule has 0 amide bonds. The Kier molecular flexibility index (Phi) is 3.03. The van der Waals surface area contributed by atoms with Crippen LogP contribution in [-0.2, 0) is 0 Å². The molecule has 0 bridgehead atoms. The van der Waals surface area contributed by atoms with Crippen molar-refractivity contribution in [1.29, 1.82) is 0 Å². The maximum absolute atomic E-state index is 13.5. The van der Waals surface area contributed by atoms with Crippen LogP contribution in [0.25, 0.3) is 16.6 Å². The zero-order valence-electron chi connectivity index (χ0n) is 10.1. The van der Waals surface area contributed by atoms with Crippen LogP contribution in [0.2, 0.25) is 5.02 Å². The van der Waals surface area contributed by atoms with Gasteiger partial charge in [0.2, 0.25) is 0 Å². The lowest BCUT2D eigenvalue weighted by molar-refractivity contribution is 0.627. The summed E-state index contributed by atoms with van der Waals surface area (Å²) in [4.78, 5) is 11.8. The van der Waals surface area contributed by atoms with E-state index in [1.807, 2.05) is 0 Å². The van der Waals surface area contributed by atoms with Gasteiger partial charge in [0.25, 0.3) is 0 Å². The number of nitrogens with zero attached hydrogens (tertiary/aromatic N) is 1. The first kappa shape index (κ1) is 12.8. The Hall–Kier alpha value is -2.20. The maximum Gasteiger partial charge on any atom is 0.189 e. The van der Waals surface area contributed by atoms with Crippen LogP contribution >= 0.6 is 11.6 Å². The summed E-state index contributed by atoms with van der Waals surface area (Å²) in [6.07, 6.45) is 1.55. The van der Waals surface area contributed by atoms with Crippen molar-refractivity contribution in [3.63, 3.8) is 0 Å². The van der Waals surface area contributed by atoms with Crippen LogP contribution in [0.5, 0.6) is 0 Å². The van der Waals surface area contributed by atoms with Crippen LogP contribution < -0.4 is 5.43 Å². The van der Waals surface area contributed by atoms with Gasteiger partial charge >= 0.3 is 0 Å². The zero-order valence-corrected chi connectivity index (χ0v) is 10.9. The van der Waals surface area contributed by atoms with Crippen LogP contribution in [0.3, 0.4) is 0 Å². The molecule has 0 saturated carbocycles. The first-order chi connectivity index (χ1) is 9.56. The summed E-state index contributed by atoms with van der Waals surface area (Å²) in [5.74, 6) is -1.00. The number of rotatable bonds is 1. The molecule has 0 atom stereocenters. The van der Waals surface area contributed by atoms with Crippen LogP contribution in [0, 0.1) is 11.6 Å². The predicted octanol–water partition coefficient (Wildman–Crippen LogP) is 3.92. The lowest BCUT2D eigenvalue weighted by Crippen LogP contribution is -2.07. The molecule has 2 nitrogen and oxygen atoms in total. The van der Waals surface area contributed by atoms with Crippen molar-refractivity contribution in [3.8, 4) is 5.69 Å². The van der Waals surface area contributed by atoms with E-state index >= 15 is 0 Å². The number of halogens is 3. The summed E-state index contributed by atoms with van der Waals surface area (Å²) in [5, 5.41) is 0.151. The lowest BCUT2D eigenvalue weighted by atomic mass is 10.2. The predicted molar refractivity (Wildman–Crippen MR) is 74.5 cm³/mol. The summed E-state index contributed by atoms with van der Waals surface area (Å²) in [5.41, 5.74) is 0.823. The van der Waals surface area contributed by atoms with Gasteiger partial charge in [-0.2, -0.15) is 0 Å². The van der Waals surface area contributed by atoms with Crippen molar-refractivity contribution in [1.82, 2.24) is 4.57 Å². The first-order valence-electron chi connectivity index (χ1n) is 5.82. The van der Waals surface area contributed by atoms with Crippen molar-refractivity contribution in [2.24, 2.45) is 0 Å². The van der Waals surface area contributed by atoms with Crippen LogP contribution in [0.4, 0.5) is 8.78 Å². The summed E-state index contributed by atoms with van der Waals surface area (Å²) < 4.78 is 28.1. The highest BCUT2D eigenvalue weighted by Crippen LogP contribution is 2.23. The third kappa shape index (κ3) is 2.08. The smallest absolute Gasteiger partial charge is 0.189 e. The molecule has 3 aromatic rings. The molecule has 2 aromatic carbocycles. The third-order valence-corrected chi connectivity index (χ3v) is 3.33. The molecule has 0 aliphatic carbocycles. The van der Waals surface area contributed by atoms with Gasteiger partial charge in [0.05, 0.1) is 10.5 Å². The molecular weight excluding hydrogens is 284 g/mol. The maximum atomic E-state index is 13.5. The SMILES string of the molecule is O=c1ccn(-c2ccc(F)cc2)c2cc(Cl)c(F)cc12. The molecule has 0 fully saturated rings. The third-order valence-electron chi connectivity index (χ3n) is 3.04. The average Bonchev–Trinajstić information content (AvgIpc) is 2.43. The van der Waals surface area contributed by atoms with Gasteiger partial charge in [0, 0.05) is 23.3 Å². The number of aromatic nitrogens is 1. The quantitative estimate of drug-likeness (QED) is 0.666. The van der Waals surface area contributed by atoms with Gasteiger partial charge in [-0.1, -0.05) is 11.6 Å².